The minimum absolute atomic E-state index is 0.725. The standard InChI is InChI=1S/C12H14BrN3/c1-16-10-4-2-3-9(13)12(10)15-11(16)7-14-8-5-6-8/h2-4,8,14H,5-7H2,1H3. The molecule has 1 aliphatic carbocycles. The van der Waals surface area contributed by atoms with Crippen LogP contribution in [0.3, 0.4) is 0 Å². The largest absolute Gasteiger partial charge is 0.330 e. The summed E-state index contributed by atoms with van der Waals surface area (Å²) in [5, 5.41) is 3.50. The van der Waals surface area contributed by atoms with Crippen molar-refractivity contribution in [1.82, 2.24) is 14.9 Å². The molecular weight excluding hydrogens is 266 g/mol. The van der Waals surface area contributed by atoms with E-state index in [1.807, 2.05) is 12.1 Å². The van der Waals surface area contributed by atoms with Crippen LogP contribution in [0.5, 0.6) is 0 Å². The van der Waals surface area contributed by atoms with Gasteiger partial charge in [-0.1, -0.05) is 6.07 Å². The first-order chi connectivity index (χ1) is 7.75. The van der Waals surface area contributed by atoms with E-state index in [1.165, 1.54) is 18.4 Å². The highest BCUT2D eigenvalue weighted by atomic mass is 79.9. The van der Waals surface area contributed by atoms with Crippen molar-refractivity contribution in [2.45, 2.75) is 25.4 Å². The summed E-state index contributed by atoms with van der Waals surface area (Å²) in [5.41, 5.74) is 2.24. The van der Waals surface area contributed by atoms with Gasteiger partial charge in [0.25, 0.3) is 0 Å². The molecule has 1 aliphatic rings. The van der Waals surface area contributed by atoms with Gasteiger partial charge in [-0.05, 0) is 40.9 Å². The first-order valence-corrected chi connectivity index (χ1v) is 6.38. The molecule has 3 rings (SSSR count). The van der Waals surface area contributed by atoms with Gasteiger partial charge in [0.1, 0.15) is 11.3 Å². The molecule has 3 nitrogen and oxygen atoms in total. The van der Waals surface area contributed by atoms with Crippen LogP contribution in [0.1, 0.15) is 18.7 Å². The number of benzene rings is 1. The maximum absolute atomic E-state index is 4.67. The zero-order valence-corrected chi connectivity index (χ0v) is 10.8. The molecule has 84 valence electrons. The Hall–Kier alpha value is -0.870. The highest BCUT2D eigenvalue weighted by Crippen LogP contribution is 2.24. The highest BCUT2D eigenvalue weighted by Gasteiger charge is 2.21. The van der Waals surface area contributed by atoms with E-state index in [9.17, 15) is 0 Å². The molecule has 0 aliphatic heterocycles. The van der Waals surface area contributed by atoms with Gasteiger partial charge in [-0.15, -0.1) is 0 Å². The smallest absolute Gasteiger partial charge is 0.123 e. The minimum atomic E-state index is 0.725. The number of para-hydroxylation sites is 1. The second-order valence-corrected chi connectivity index (χ2v) is 5.20. The third kappa shape index (κ3) is 1.76. The maximum atomic E-state index is 4.67. The fourth-order valence-electron chi connectivity index (χ4n) is 1.91. The Kier molecular flexibility index (Phi) is 2.48. The maximum Gasteiger partial charge on any atom is 0.123 e. The van der Waals surface area contributed by atoms with Gasteiger partial charge in [0.05, 0.1) is 12.1 Å². The average molecular weight is 280 g/mol. The topological polar surface area (TPSA) is 29.9 Å². The van der Waals surface area contributed by atoms with Crippen molar-refractivity contribution < 1.29 is 0 Å². The number of halogens is 1. The molecule has 1 saturated carbocycles. The molecule has 2 aromatic rings. The van der Waals surface area contributed by atoms with Gasteiger partial charge >= 0.3 is 0 Å². The lowest BCUT2D eigenvalue weighted by Gasteiger charge is -2.02. The van der Waals surface area contributed by atoms with E-state index >= 15 is 0 Å². The van der Waals surface area contributed by atoms with Crippen LogP contribution in [0.4, 0.5) is 0 Å². The third-order valence-corrected chi connectivity index (χ3v) is 3.72. The van der Waals surface area contributed by atoms with Crippen LogP contribution >= 0.6 is 15.9 Å². The Bertz CT molecular complexity index is 528. The number of hydrogen-bond acceptors (Lipinski definition) is 2. The molecule has 1 fully saturated rings. The second-order valence-electron chi connectivity index (χ2n) is 4.35. The summed E-state index contributed by atoms with van der Waals surface area (Å²) in [4.78, 5) is 4.67. The first-order valence-electron chi connectivity index (χ1n) is 5.59. The second kappa shape index (κ2) is 3.86. The molecule has 1 N–H and O–H groups in total. The summed E-state index contributed by atoms with van der Waals surface area (Å²) in [7, 11) is 2.08. The van der Waals surface area contributed by atoms with Gasteiger partial charge in [0.2, 0.25) is 0 Å². The molecule has 0 saturated heterocycles. The van der Waals surface area contributed by atoms with Crippen molar-refractivity contribution in [3.05, 3.63) is 28.5 Å². The molecule has 16 heavy (non-hydrogen) atoms. The van der Waals surface area contributed by atoms with Crippen LogP contribution in [0.15, 0.2) is 22.7 Å². The average Bonchev–Trinajstić information content (AvgIpc) is 3.04. The third-order valence-electron chi connectivity index (χ3n) is 3.08. The molecule has 0 unspecified atom stereocenters. The zero-order chi connectivity index (χ0) is 11.1. The number of nitrogens with zero attached hydrogens (tertiary/aromatic N) is 2. The minimum Gasteiger partial charge on any atom is -0.330 e. The Morgan fingerprint density at radius 3 is 3.00 bits per heavy atom. The van der Waals surface area contributed by atoms with Crippen molar-refractivity contribution in [2.24, 2.45) is 7.05 Å². The highest BCUT2D eigenvalue weighted by molar-refractivity contribution is 9.10. The molecule has 0 bridgehead atoms. The molecular formula is C12H14BrN3. The van der Waals surface area contributed by atoms with Gasteiger partial charge in [-0.3, -0.25) is 0 Å². The summed E-state index contributed by atoms with van der Waals surface area (Å²) >= 11 is 3.54. The van der Waals surface area contributed by atoms with Gasteiger partial charge in [0, 0.05) is 17.6 Å². The van der Waals surface area contributed by atoms with Crippen LogP contribution in [-0.2, 0) is 13.6 Å². The lowest BCUT2D eigenvalue weighted by atomic mass is 10.3. The first kappa shape index (κ1) is 10.3. The van der Waals surface area contributed by atoms with E-state index in [0.717, 1.165) is 28.4 Å². The van der Waals surface area contributed by atoms with E-state index < -0.39 is 0 Å². The number of imidazole rings is 1. The quantitative estimate of drug-likeness (QED) is 0.936. The fraction of sp³-hybridized carbons (Fsp3) is 0.417. The molecule has 1 heterocycles. The van der Waals surface area contributed by atoms with Crippen molar-refractivity contribution in [3.8, 4) is 0 Å². The summed E-state index contributed by atoms with van der Waals surface area (Å²) in [6.07, 6.45) is 2.63. The van der Waals surface area contributed by atoms with Crippen LogP contribution in [-0.4, -0.2) is 15.6 Å². The van der Waals surface area contributed by atoms with Crippen molar-refractivity contribution >= 4 is 27.0 Å². The number of hydrogen-bond donors (Lipinski definition) is 1. The van der Waals surface area contributed by atoms with Gasteiger partial charge in [-0.25, -0.2) is 4.98 Å². The molecule has 0 radical (unpaired) electrons. The van der Waals surface area contributed by atoms with Gasteiger partial charge in [-0.2, -0.15) is 0 Å². The van der Waals surface area contributed by atoms with Crippen LogP contribution < -0.4 is 5.32 Å². The van der Waals surface area contributed by atoms with Crippen LogP contribution in [0, 0.1) is 0 Å². The number of aromatic nitrogens is 2. The lowest BCUT2D eigenvalue weighted by molar-refractivity contribution is 0.639. The lowest BCUT2D eigenvalue weighted by Crippen LogP contribution is -2.18. The normalized spacial score (nSPS) is 15.9. The Labute approximate surface area is 103 Å². The van der Waals surface area contributed by atoms with E-state index in [-0.39, 0.29) is 0 Å². The zero-order valence-electron chi connectivity index (χ0n) is 9.20. The monoisotopic (exact) mass is 279 g/mol. The summed E-state index contributed by atoms with van der Waals surface area (Å²) in [6.45, 7) is 0.863. The molecule has 4 heteroatoms. The fourth-order valence-corrected chi connectivity index (χ4v) is 2.35. The number of aryl methyl sites for hydroxylation is 1. The number of rotatable bonds is 3. The predicted molar refractivity (Wildman–Crippen MR) is 68.3 cm³/mol. The molecule has 0 amide bonds. The van der Waals surface area contributed by atoms with Crippen LogP contribution in [0.2, 0.25) is 0 Å². The molecule has 0 spiro atoms. The van der Waals surface area contributed by atoms with Gasteiger partial charge < -0.3 is 9.88 Å². The Morgan fingerprint density at radius 2 is 2.31 bits per heavy atom. The molecule has 1 aromatic heterocycles. The Morgan fingerprint density at radius 1 is 1.50 bits per heavy atom. The predicted octanol–water partition coefficient (Wildman–Crippen LogP) is 2.59. The molecule has 0 atom stereocenters. The van der Waals surface area contributed by atoms with Crippen molar-refractivity contribution in [2.75, 3.05) is 0 Å². The van der Waals surface area contributed by atoms with E-state index in [4.69, 9.17) is 0 Å². The van der Waals surface area contributed by atoms with Crippen molar-refractivity contribution in [3.63, 3.8) is 0 Å². The number of fused-ring (bicyclic) bond motifs is 1. The summed E-state index contributed by atoms with van der Waals surface area (Å²) < 4.78 is 3.23. The van der Waals surface area contributed by atoms with E-state index in [0.29, 0.717) is 0 Å². The van der Waals surface area contributed by atoms with Gasteiger partial charge in [0.15, 0.2) is 0 Å². The van der Waals surface area contributed by atoms with E-state index in [2.05, 4.69) is 43.9 Å². The SMILES string of the molecule is Cn1c(CNC2CC2)nc2c(Br)cccc21. The van der Waals surface area contributed by atoms with Crippen molar-refractivity contribution in [1.29, 1.82) is 0 Å². The molecule has 1 aromatic carbocycles. The number of nitrogens with one attached hydrogen (secondary N) is 1. The summed E-state index contributed by atoms with van der Waals surface area (Å²) in [5.74, 6) is 1.11. The summed E-state index contributed by atoms with van der Waals surface area (Å²) in [6, 6.07) is 6.91. The van der Waals surface area contributed by atoms with E-state index in [1.54, 1.807) is 0 Å². The van der Waals surface area contributed by atoms with Crippen LogP contribution in [0.25, 0.3) is 11.0 Å². The Balaban J connectivity index is 1.97.